The highest BCUT2D eigenvalue weighted by molar-refractivity contribution is 5.46. The van der Waals surface area contributed by atoms with Crippen LogP contribution in [0.15, 0.2) is 24.3 Å². The molecule has 0 spiro atoms. The van der Waals surface area contributed by atoms with Crippen LogP contribution in [0.1, 0.15) is 33.6 Å². The van der Waals surface area contributed by atoms with Crippen LogP contribution in [0.3, 0.4) is 0 Å². The zero-order valence-electron chi connectivity index (χ0n) is 12.2. The monoisotopic (exact) mass is 264 g/mol. The van der Waals surface area contributed by atoms with Crippen molar-refractivity contribution < 1.29 is 4.39 Å². The molecule has 2 atom stereocenters. The zero-order chi connectivity index (χ0) is 14.0. The van der Waals surface area contributed by atoms with E-state index in [-0.39, 0.29) is 17.3 Å². The average Bonchev–Trinajstić information content (AvgIpc) is 2.62. The Balaban J connectivity index is 2.08. The summed E-state index contributed by atoms with van der Waals surface area (Å²) >= 11 is 0. The Bertz CT molecular complexity index is 431. The van der Waals surface area contributed by atoms with Crippen molar-refractivity contribution in [3.8, 4) is 0 Å². The maximum atomic E-state index is 13.3. The first-order chi connectivity index (χ1) is 8.94. The summed E-state index contributed by atoms with van der Waals surface area (Å²) in [5.74, 6) is 0.324. The summed E-state index contributed by atoms with van der Waals surface area (Å²) in [6, 6.07) is 7.07. The van der Waals surface area contributed by atoms with E-state index >= 15 is 0 Å². The Morgan fingerprint density at radius 3 is 2.68 bits per heavy atom. The lowest BCUT2D eigenvalue weighted by Gasteiger charge is -2.31. The molecule has 19 heavy (non-hydrogen) atoms. The second-order valence-corrected chi connectivity index (χ2v) is 6.33. The number of hydrogen-bond donors (Lipinski definition) is 1. The molecule has 1 aliphatic rings. The second kappa shape index (κ2) is 5.49. The molecule has 1 saturated carbocycles. The van der Waals surface area contributed by atoms with Crippen molar-refractivity contribution in [3.63, 3.8) is 0 Å². The Morgan fingerprint density at radius 2 is 2.16 bits per heavy atom. The van der Waals surface area contributed by atoms with E-state index in [1.807, 2.05) is 6.07 Å². The first-order valence-corrected chi connectivity index (χ1v) is 7.20. The molecular weight excluding hydrogens is 239 g/mol. The van der Waals surface area contributed by atoms with Crippen LogP contribution in [0.2, 0.25) is 0 Å². The topological polar surface area (TPSA) is 29.3 Å². The van der Waals surface area contributed by atoms with Gasteiger partial charge in [-0.05, 0) is 49.3 Å². The van der Waals surface area contributed by atoms with Crippen LogP contribution in [0, 0.1) is 17.2 Å². The van der Waals surface area contributed by atoms with E-state index < -0.39 is 0 Å². The molecular formula is C16H25FN2. The molecule has 2 unspecified atom stereocenters. The summed E-state index contributed by atoms with van der Waals surface area (Å²) in [4.78, 5) is 2.23. The van der Waals surface area contributed by atoms with Crippen LogP contribution in [0.5, 0.6) is 0 Å². The van der Waals surface area contributed by atoms with E-state index in [0.29, 0.717) is 5.92 Å². The highest BCUT2D eigenvalue weighted by Gasteiger charge is 2.39. The molecule has 1 aromatic carbocycles. The van der Waals surface area contributed by atoms with Gasteiger partial charge in [-0.1, -0.05) is 19.9 Å². The van der Waals surface area contributed by atoms with Crippen molar-refractivity contribution in [2.75, 3.05) is 18.0 Å². The third kappa shape index (κ3) is 3.08. The fourth-order valence-electron chi connectivity index (χ4n) is 3.12. The number of rotatable bonds is 4. The lowest BCUT2D eigenvalue weighted by Crippen LogP contribution is -2.42. The highest BCUT2D eigenvalue weighted by atomic mass is 19.1. The standard InChI is InChI=1S/C16H25FN2/c1-4-19(14-7-5-6-13(17)10-14)11-12-8-9-16(2,3)15(12)18/h5-7,10,12,15H,4,8-9,11,18H2,1-3H3. The van der Waals surface area contributed by atoms with Crippen molar-refractivity contribution in [1.29, 1.82) is 0 Å². The molecule has 2 nitrogen and oxygen atoms in total. The maximum Gasteiger partial charge on any atom is 0.125 e. The first kappa shape index (κ1) is 14.3. The van der Waals surface area contributed by atoms with E-state index in [2.05, 4.69) is 25.7 Å². The minimum Gasteiger partial charge on any atom is -0.371 e. The van der Waals surface area contributed by atoms with Gasteiger partial charge in [-0.3, -0.25) is 0 Å². The van der Waals surface area contributed by atoms with E-state index in [1.165, 1.54) is 18.9 Å². The summed E-state index contributed by atoms with van der Waals surface area (Å²) in [6.07, 6.45) is 2.35. The number of anilines is 1. The minimum absolute atomic E-state index is 0.174. The number of hydrogen-bond acceptors (Lipinski definition) is 2. The van der Waals surface area contributed by atoms with Crippen molar-refractivity contribution in [3.05, 3.63) is 30.1 Å². The molecule has 2 N–H and O–H groups in total. The Labute approximate surface area is 115 Å². The van der Waals surface area contributed by atoms with Gasteiger partial charge in [-0.2, -0.15) is 0 Å². The number of halogens is 1. The van der Waals surface area contributed by atoms with E-state index in [4.69, 9.17) is 5.73 Å². The van der Waals surface area contributed by atoms with Crippen molar-refractivity contribution in [2.24, 2.45) is 17.1 Å². The SMILES string of the molecule is CCN(CC1CCC(C)(C)C1N)c1cccc(F)c1. The van der Waals surface area contributed by atoms with Crippen LogP contribution >= 0.6 is 0 Å². The second-order valence-electron chi connectivity index (χ2n) is 6.33. The quantitative estimate of drug-likeness (QED) is 0.903. The maximum absolute atomic E-state index is 13.3. The lowest BCUT2D eigenvalue weighted by molar-refractivity contribution is 0.301. The summed E-state index contributed by atoms with van der Waals surface area (Å²) in [7, 11) is 0. The first-order valence-electron chi connectivity index (χ1n) is 7.20. The molecule has 1 aliphatic carbocycles. The Hall–Kier alpha value is -1.09. The van der Waals surface area contributed by atoms with Crippen LogP contribution in [0.25, 0.3) is 0 Å². The molecule has 1 aromatic rings. The van der Waals surface area contributed by atoms with Crippen molar-refractivity contribution >= 4 is 5.69 Å². The zero-order valence-corrected chi connectivity index (χ0v) is 12.2. The van der Waals surface area contributed by atoms with Gasteiger partial charge in [-0.25, -0.2) is 4.39 Å². The molecule has 2 rings (SSSR count). The van der Waals surface area contributed by atoms with Gasteiger partial charge < -0.3 is 10.6 Å². The fraction of sp³-hybridized carbons (Fsp3) is 0.625. The number of nitrogens with zero attached hydrogens (tertiary/aromatic N) is 1. The van der Waals surface area contributed by atoms with Gasteiger partial charge in [0.2, 0.25) is 0 Å². The smallest absolute Gasteiger partial charge is 0.125 e. The third-order valence-electron chi connectivity index (χ3n) is 4.58. The molecule has 0 aliphatic heterocycles. The van der Waals surface area contributed by atoms with Gasteiger partial charge in [0.1, 0.15) is 5.82 Å². The van der Waals surface area contributed by atoms with Gasteiger partial charge in [0.25, 0.3) is 0 Å². The largest absolute Gasteiger partial charge is 0.371 e. The summed E-state index contributed by atoms with van der Waals surface area (Å²) < 4.78 is 13.3. The van der Waals surface area contributed by atoms with Gasteiger partial charge in [-0.15, -0.1) is 0 Å². The third-order valence-corrected chi connectivity index (χ3v) is 4.58. The molecule has 0 radical (unpaired) electrons. The van der Waals surface area contributed by atoms with Gasteiger partial charge in [0, 0.05) is 24.8 Å². The molecule has 3 heteroatoms. The predicted octanol–water partition coefficient (Wildman–Crippen LogP) is 3.42. The lowest BCUT2D eigenvalue weighted by atomic mass is 9.85. The van der Waals surface area contributed by atoms with Crippen LogP contribution in [-0.2, 0) is 0 Å². The number of nitrogens with two attached hydrogens (primary N) is 1. The fourth-order valence-corrected chi connectivity index (χ4v) is 3.12. The van der Waals surface area contributed by atoms with E-state index in [0.717, 1.165) is 18.8 Å². The van der Waals surface area contributed by atoms with E-state index in [9.17, 15) is 4.39 Å². The Morgan fingerprint density at radius 1 is 1.42 bits per heavy atom. The molecule has 0 amide bonds. The van der Waals surface area contributed by atoms with Gasteiger partial charge >= 0.3 is 0 Å². The molecule has 0 heterocycles. The molecule has 0 aromatic heterocycles. The van der Waals surface area contributed by atoms with Crippen molar-refractivity contribution in [2.45, 2.75) is 39.7 Å². The summed E-state index contributed by atoms with van der Waals surface area (Å²) in [5, 5.41) is 0. The molecule has 106 valence electrons. The predicted molar refractivity (Wildman–Crippen MR) is 78.8 cm³/mol. The minimum atomic E-state index is -0.174. The van der Waals surface area contributed by atoms with Gasteiger partial charge in [0.05, 0.1) is 0 Å². The summed E-state index contributed by atoms with van der Waals surface area (Å²) in [6.45, 7) is 8.40. The van der Waals surface area contributed by atoms with Crippen LogP contribution in [-0.4, -0.2) is 19.1 Å². The molecule has 1 fully saturated rings. The van der Waals surface area contributed by atoms with Crippen LogP contribution < -0.4 is 10.6 Å². The number of benzene rings is 1. The highest BCUT2D eigenvalue weighted by Crippen LogP contribution is 2.40. The van der Waals surface area contributed by atoms with Crippen molar-refractivity contribution in [1.82, 2.24) is 0 Å². The Kier molecular flexibility index (Phi) is 4.14. The molecule has 0 bridgehead atoms. The summed E-state index contributed by atoms with van der Waals surface area (Å²) in [5.41, 5.74) is 7.55. The van der Waals surface area contributed by atoms with E-state index in [1.54, 1.807) is 12.1 Å². The van der Waals surface area contributed by atoms with Gasteiger partial charge in [0.15, 0.2) is 0 Å². The normalized spacial score (nSPS) is 25.5. The molecule has 0 saturated heterocycles. The van der Waals surface area contributed by atoms with Crippen LogP contribution in [0.4, 0.5) is 10.1 Å². The average molecular weight is 264 g/mol.